The smallest absolute Gasteiger partial charge is 0.255 e. The van der Waals surface area contributed by atoms with Crippen LogP contribution in [0.25, 0.3) is 0 Å². The first-order chi connectivity index (χ1) is 8.99. The van der Waals surface area contributed by atoms with Gasteiger partial charge in [0.2, 0.25) is 0 Å². The number of aromatic nitrogens is 1. The molecule has 0 aliphatic heterocycles. The van der Waals surface area contributed by atoms with Gasteiger partial charge in [-0.1, -0.05) is 28.1 Å². The third kappa shape index (κ3) is 3.05. The summed E-state index contributed by atoms with van der Waals surface area (Å²) >= 11 is 4.60. The first kappa shape index (κ1) is 13.8. The van der Waals surface area contributed by atoms with Crippen molar-refractivity contribution in [2.45, 2.75) is 6.54 Å². The molecule has 5 nitrogen and oxygen atoms in total. The number of halogens is 1. The van der Waals surface area contributed by atoms with Gasteiger partial charge in [-0.2, -0.15) is 4.37 Å². The second kappa shape index (κ2) is 5.58. The largest absolute Gasteiger partial charge is 0.382 e. The average Bonchev–Trinajstić information content (AvgIpc) is 2.71. The first-order valence-electron chi connectivity index (χ1n) is 5.49. The summed E-state index contributed by atoms with van der Waals surface area (Å²) in [6.07, 6.45) is 0. The molecule has 4 N–H and O–H groups in total. The average molecular weight is 341 g/mol. The van der Waals surface area contributed by atoms with Crippen molar-refractivity contribution in [3.05, 3.63) is 39.9 Å². The summed E-state index contributed by atoms with van der Waals surface area (Å²) in [6, 6.07) is 7.95. The van der Waals surface area contributed by atoms with E-state index < -0.39 is 5.91 Å². The number of benzene rings is 1. The molecule has 1 heterocycles. The van der Waals surface area contributed by atoms with E-state index in [1.807, 2.05) is 36.2 Å². The molecule has 0 aliphatic rings. The van der Waals surface area contributed by atoms with Gasteiger partial charge in [0.1, 0.15) is 10.6 Å². The van der Waals surface area contributed by atoms with Crippen molar-refractivity contribution >= 4 is 44.2 Å². The van der Waals surface area contributed by atoms with Crippen molar-refractivity contribution in [1.82, 2.24) is 4.37 Å². The van der Waals surface area contributed by atoms with Crippen LogP contribution in [0, 0.1) is 0 Å². The van der Waals surface area contributed by atoms with Crippen LogP contribution < -0.4 is 16.4 Å². The third-order valence-electron chi connectivity index (χ3n) is 2.60. The summed E-state index contributed by atoms with van der Waals surface area (Å²) in [5.74, 6) is -0.365. The number of amides is 1. The van der Waals surface area contributed by atoms with Gasteiger partial charge in [-0.05, 0) is 29.2 Å². The molecule has 1 amide bonds. The molecule has 2 aromatic rings. The number of nitrogen functional groups attached to an aromatic ring is 1. The van der Waals surface area contributed by atoms with Crippen LogP contribution in [0.1, 0.15) is 15.9 Å². The highest BCUT2D eigenvalue weighted by atomic mass is 79.9. The number of carbonyl (C=O) groups is 1. The molecule has 100 valence electrons. The molecule has 0 fully saturated rings. The zero-order chi connectivity index (χ0) is 14.0. The zero-order valence-electron chi connectivity index (χ0n) is 10.3. The van der Waals surface area contributed by atoms with E-state index in [0.29, 0.717) is 17.1 Å². The summed E-state index contributed by atoms with van der Waals surface area (Å²) in [5.41, 5.74) is 12.4. The minimum absolute atomic E-state index is 0.189. The predicted molar refractivity (Wildman–Crippen MR) is 81.3 cm³/mol. The Hall–Kier alpha value is -1.60. The fraction of sp³-hybridized carbons (Fsp3) is 0.167. The maximum Gasteiger partial charge on any atom is 0.255 e. The normalized spacial score (nSPS) is 10.4. The molecule has 1 aromatic heterocycles. The first-order valence-corrected chi connectivity index (χ1v) is 7.06. The van der Waals surface area contributed by atoms with Crippen LogP contribution in [0.5, 0.6) is 0 Å². The number of anilines is 2. The van der Waals surface area contributed by atoms with Crippen LogP contribution in [0.2, 0.25) is 0 Å². The number of nitrogens with zero attached hydrogens (tertiary/aromatic N) is 2. The van der Waals surface area contributed by atoms with Gasteiger partial charge in [-0.15, -0.1) is 0 Å². The van der Waals surface area contributed by atoms with Crippen molar-refractivity contribution in [2.24, 2.45) is 5.73 Å². The fourth-order valence-electron chi connectivity index (χ4n) is 1.77. The lowest BCUT2D eigenvalue weighted by molar-refractivity contribution is 0.100. The maximum atomic E-state index is 11.4. The highest BCUT2D eigenvalue weighted by molar-refractivity contribution is 9.10. The Morgan fingerprint density at radius 1 is 1.53 bits per heavy atom. The van der Waals surface area contributed by atoms with Gasteiger partial charge < -0.3 is 16.4 Å². The maximum absolute atomic E-state index is 11.4. The van der Waals surface area contributed by atoms with E-state index in [1.165, 1.54) is 11.5 Å². The minimum Gasteiger partial charge on any atom is -0.382 e. The number of carbonyl (C=O) groups excluding carboxylic acids is 1. The standard InChI is InChI=1S/C12H13BrN4OS/c1-17(6-7-3-2-4-8(13)5-7)12-9(11(15)18)10(14)16-19-12/h2-5H,6H2,1H3,(H2,14,16)(H2,15,18). The highest BCUT2D eigenvalue weighted by Gasteiger charge is 2.19. The molecule has 0 radical (unpaired) electrons. The molecule has 0 aliphatic carbocycles. The van der Waals surface area contributed by atoms with Gasteiger partial charge in [0.05, 0.1) is 0 Å². The summed E-state index contributed by atoms with van der Waals surface area (Å²) in [4.78, 5) is 13.3. The molecule has 0 saturated heterocycles. The van der Waals surface area contributed by atoms with E-state index in [1.54, 1.807) is 0 Å². The van der Waals surface area contributed by atoms with E-state index in [0.717, 1.165) is 10.0 Å². The lowest BCUT2D eigenvalue weighted by Gasteiger charge is -2.18. The Bertz CT molecular complexity index is 614. The summed E-state index contributed by atoms with van der Waals surface area (Å²) in [6.45, 7) is 0.640. The second-order valence-corrected chi connectivity index (χ2v) is 5.77. The molecule has 0 spiro atoms. The quantitative estimate of drug-likeness (QED) is 0.893. The number of primary amides is 1. The van der Waals surface area contributed by atoms with Crippen molar-refractivity contribution < 1.29 is 4.79 Å². The molecule has 19 heavy (non-hydrogen) atoms. The second-order valence-electron chi connectivity index (χ2n) is 4.10. The minimum atomic E-state index is -0.553. The topological polar surface area (TPSA) is 85.2 Å². The molecule has 1 aromatic carbocycles. The zero-order valence-corrected chi connectivity index (χ0v) is 12.7. The van der Waals surface area contributed by atoms with Crippen molar-refractivity contribution in [2.75, 3.05) is 17.7 Å². The van der Waals surface area contributed by atoms with Crippen molar-refractivity contribution in [3.63, 3.8) is 0 Å². The molecule has 0 unspecified atom stereocenters. The van der Waals surface area contributed by atoms with Crippen LogP contribution in [-0.2, 0) is 6.54 Å². The lowest BCUT2D eigenvalue weighted by atomic mass is 10.2. The monoisotopic (exact) mass is 340 g/mol. The SMILES string of the molecule is CN(Cc1cccc(Br)c1)c1snc(N)c1C(N)=O. The Balaban J connectivity index is 2.25. The number of rotatable bonds is 4. The Morgan fingerprint density at radius 3 is 2.89 bits per heavy atom. The van der Waals surface area contributed by atoms with Crippen LogP contribution >= 0.6 is 27.5 Å². The molecule has 0 saturated carbocycles. The van der Waals surface area contributed by atoms with Crippen LogP contribution in [0.15, 0.2) is 28.7 Å². The summed E-state index contributed by atoms with van der Waals surface area (Å²) < 4.78 is 5.00. The molecule has 0 bridgehead atoms. The third-order valence-corrected chi connectivity index (χ3v) is 4.07. The Labute approximate surface area is 123 Å². The van der Waals surface area contributed by atoms with E-state index in [-0.39, 0.29) is 5.82 Å². The van der Waals surface area contributed by atoms with Crippen LogP contribution in [0.3, 0.4) is 0 Å². The van der Waals surface area contributed by atoms with Crippen LogP contribution in [-0.4, -0.2) is 17.3 Å². The van der Waals surface area contributed by atoms with E-state index in [2.05, 4.69) is 20.3 Å². The van der Waals surface area contributed by atoms with E-state index >= 15 is 0 Å². The van der Waals surface area contributed by atoms with Gasteiger partial charge in [0.15, 0.2) is 5.82 Å². The fourth-order valence-corrected chi connectivity index (χ4v) is 2.99. The predicted octanol–water partition coefficient (Wildman–Crippen LogP) is 2.22. The van der Waals surface area contributed by atoms with Crippen molar-refractivity contribution in [3.8, 4) is 0 Å². The molecule has 0 atom stereocenters. The molecular formula is C12H13BrN4OS. The number of hydrogen-bond acceptors (Lipinski definition) is 5. The van der Waals surface area contributed by atoms with Gasteiger partial charge in [-0.3, -0.25) is 4.79 Å². The van der Waals surface area contributed by atoms with E-state index in [4.69, 9.17) is 11.5 Å². The van der Waals surface area contributed by atoms with Gasteiger partial charge in [0.25, 0.3) is 5.91 Å². The number of nitrogens with two attached hydrogens (primary N) is 2. The van der Waals surface area contributed by atoms with E-state index in [9.17, 15) is 4.79 Å². The molecular weight excluding hydrogens is 328 g/mol. The Morgan fingerprint density at radius 2 is 2.26 bits per heavy atom. The number of hydrogen-bond donors (Lipinski definition) is 2. The van der Waals surface area contributed by atoms with Gasteiger partial charge in [0, 0.05) is 18.1 Å². The molecule has 7 heteroatoms. The van der Waals surface area contributed by atoms with Crippen molar-refractivity contribution in [1.29, 1.82) is 0 Å². The highest BCUT2D eigenvalue weighted by Crippen LogP contribution is 2.30. The summed E-state index contributed by atoms with van der Waals surface area (Å²) in [7, 11) is 1.88. The van der Waals surface area contributed by atoms with Gasteiger partial charge >= 0.3 is 0 Å². The molecule has 2 rings (SSSR count). The van der Waals surface area contributed by atoms with Gasteiger partial charge in [-0.25, -0.2) is 0 Å². The lowest BCUT2D eigenvalue weighted by Crippen LogP contribution is -2.21. The summed E-state index contributed by atoms with van der Waals surface area (Å²) in [5, 5.41) is 0.685. The van der Waals surface area contributed by atoms with Crippen LogP contribution in [0.4, 0.5) is 10.8 Å². The Kier molecular flexibility index (Phi) is 4.06.